The predicted octanol–water partition coefficient (Wildman–Crippen LogP) is 2.01. The topological polar surface area (TPSA) is 22.0 Å². The Labute approximate surface area is 69.9 Å². The Hall–Kier alpha value is -0.760. The number of hydrogen-bond acceptors (Lipinski definition) is 1. The summed E-state index contributed by atoms with van der Waals surface area (Å²) in [4.78, 5) is 11.2. The van der Waals surface area contributed by atoms with Gasteiger partial charge in [-0.05, 0) is 18.9 Å². The van der Waals surface area contributed by atoms with E-state index in [1.807, 2.05) is 0 Å². The molecule has 0 N–H and O–H groups in total. The van der Waals surface area contributed by atoms with Crippen molar-refractivity contribution in [1.29, 1.82) is 0 Å². The van der Waals surface area contributed by atoms with Gasteiger partial charge in [0.2, 0.25) is 0 Å². The van der Waals surface area contributed by atoms with E-state index in [1.54, 1.807) is 12.3 Å². The summed E-state index contributed by atoms with van der Waals surface area (Å²) in [5, 5.41) is 0. The lowest BCUT2D eigenvalue weighted by atomic mass is 9.97. The van der Waals surface area contributed by atoms with E-state index < -0.39 is 0 Å². The molecule has 1 aromatic heterocycles. The van der Waals surface area contributed by atoms with Crippen LogP contribution >= 0.6 is 11.8 Å². The zero-order chi connectivity index (χ0) is 7.84. The number of ketones is 1. The molecule has 11 heavy (non-hydrogen) atoms. The second-order valence-electron chi connectivity index (χ2n) is 2.76. The molecule has 0 fully saturated rings. The van der Waals surface area contributed by atoms with Crippen LogP contribution in [0.5, 0.6) is 0 Å². The third kappa shape index (κ3) is 0.979. The molecule has 0 spiro atoms. The highest BCUT2D eigenvalue weighted by Gasteiger charge is 2.19. The van der Waals surface area contributed by atoms with E-state index in [2.05, 4.69) is 0 Å². The molecule has 0 bridgehead atoms. The summed E-state index contributed by atoms with van der Waals surface area (Å²) in [6.07, 6.45) is 4.27. The van der Waals surface area contributed by atoms with Gasteiger partial charge in [0.15, 0.2) is 5.78 Å². The van der Waals surface area contributed by atoms with Gasteiger partial charge in [0.1, 0.15) is 0 Å². The minimum Gasteiger partial charge on any atom is -0.294 e. The molecule has 1 heterocycles. The molecule has 58 valence electrons. The van der Waals surface area contributed by atoms with Crippen LogP contribution in [0.3, 0.4) is 0 Å². The van der Waals surface area contributed by atoms with Crippen LogP contribution < -0.4 is 0 Å². The lowest BCUT2D eigenvalue weighted by molar-refractivity contribution is 0.0972. The van der Waals surface area contributed by atoms with Gasteiger partial charge >= 0.3 is 0 Å². The minimum atomic E-state index is 0.227. The Morgan fingerprint density at radius 1 is 1.45 bits per heavy atom. The SMILES string of the molecule is O=C1CCCc2c1ccn2Cl. The van der Waals surface area contributed by atoms with Crippen molar-refractivity contribution in [2.75, 3.05) is 0 Å². The number of fused-ring (bicyclic) bond motifs is 1. The van der Waals surface area contributed by atoms with Gasteiger partial charge in [0.25, 0.3) is 0 Å². The highest BCUT2D eigenvalue weighted by atomic mass is 35.5. The number of halogens is 1. The van der Waals surface area contributed by atoms with Crippen LogP contribution in [0.25, 0.3) is 0 Å². The molecule has 0 radical (unpaired) electrons. The first-order valence-electron chi connectivity index (χ1n) is 3.68. The van der Waals surface area contributed by atoms with Gasteiger partial charge < -0.3 is 0 Å². The van der Waals surface area contributed by atoms with Gasteiger partial charge in [-0.3, -0.25) is 8.88 Å². The van der Waals surface area contributed by atoms with Crippen molar-refractivity contribution in [3.63, 3.8) is 0 Å². The summed E-state index contributed by atoms with van der Waals surface area (Å²) in [7, 11) is 0. The van der Waals surface area contributed by atoms with Crippen LogP contribution in [-0.4, -0.2) is 9.87 Å². The molecule has 0 aliphatic heterocycles. The predicted molar refractivity (Wildman–Crippen MR) is 43.0 cm³/mol. The van der Waals surface area contributed by atoms with E-state index in [4.69, 9.17) is 11.8 Å². The third-order valence-corrected chi connectivity index (χ3v) is 2.38. The summed E-state index contributed by atoms with van der Waals surface area (Å²) in [5.41, 5.74) is 1.79. The van der Waals surface area contributed by atoms with Gasteiger partial charge in [-0.25, -0.2) is 0 Å². The maximum Gasteiger partial charge on any atom is 0.164 e. The van der Waals surface area contributed by atoms with E-state index in [0.717, 1.165) is 24.1 Å². The average molecular weight is 170 g/mol. The number of Topliss-reactive ketones (excluding diaryl/α,β-unsaturated/α-hetero) is 1. The molecule has 0 saturated carbocycles. The maximum atomic E-state index is 11.2. The summed E-state index contributed by atoms with van der Waals surface area (Å²) in [5.74, 6) is 0.227. The highest BCUT2D eigenvalue weighted by Crippen LogP contribution is 2.22. The Kier molecular flexibility index (Phi) is 1.50. The molecule has 0 amide bonds. The standard InChI is InChI=1S/C8H8ClNO/c9-10-5-4-6-7(10)2-1-3-8(6)11/h4-5H,1-3H2. The molecular weight excluding hydrogens is 162 g/mol. The van der Waals surface area contributed by atoms with Crippen molar-refractivity contribution in [2.45, 2.75) is 19.3 Å². The fourth-order valence-corrected chi connectivity index (χ4v) is 1.72. The quantitative estimate of drug-likeness (QED) is 0.583. The minimum absolute atomic E-state index is 0.227. The van der Waals surface area contributed by atoms with E-state index in [1.165, 1.54) is 4.09 Å². The first-order chi connectivity index (χ1) is 5.29. The third-order valence-electron chi connectivity index (χ3n) is 2.06. The van der Waals surface area contributed by atoms with E-state index >= 15 is 0 Å². The van der Waals surface area contributed by atoms with Crippen LogP contribution in [0.15, 0.2) is 12.3 Å². The van der Waals surface area contributed by atoms with Crippen LogP contribution in [0.2, 0.25) is 0 Å². The average Bonchev–Trinajstić information content (AvgIpc) is 2.35. The Morgan fingerprint density at radius 2 is 2.27 bits per heavy atom. The van der Waals surface area contributed by atoms with Crippen molar-refractivity contribution < 1.29 is 4.79 Å². The number of aromatic nitrogens is 1. The summed E-state index contributed by atoms with van der Waals surface area (Å²) < 4.78 is 1.52. The van der Waals surface area contributed by atoms with E-state index in [9.17, 15) is 4.79 Å². The molecule has 0 atom stereocenters. The molecule has 1 aliphatic rings. The molecule has 1 aliphatic carbocycles. The maximum absolute atomic E-state index is 11.2. The summed E-state index contributed by atoms with van der Waals surface area (Å²) in [6.45, 7) is 0. The van der Waals surface area contributed by atoms with Crippen LogP contribution in [0.1, 0.15) is 28.9 Å². The molecule has 1 aromatic rings. The number of nitrogens with zero attached hydrogens (tertiary/aromatic N) is 1. The Morgan fingerprint density at radius 3 is 3.00 bits per heavy atom. The Balaban J connectivity index is 2.55. The number of carbonyl (C=O) groups excluding carboxylic acids is 1. The van der Waals surface area contributed by atoms with Gasteiger partial charge in [-0.15, -0.1) is 0 Å². The van der Waals surface area contributed by atoms with E-state index in [-0.39, 0.29) is 5.78 Å². The number of carbonyl (C=O) groups is 1. The molecule has 0 unspecified atom stereocenters. The largest absolute Gasteiger partial charge is 0.294 e. The summed E-state index contributed by atoms with van der Waals surface area (Å²) >= 11 is 5.79. The van der Waals surface area contributed by atoms with Crippen molar-refractivity contribution in [2.24, 2.45) is 0 Å². The fourth-order valence-electron chi connectivity index (χ4n) is 1.49. The highest BCUT2D eigenvalue weighted by molar-refractivity contribution is 6.16. The summed E-state index contributed by atoms with van der Waals surface area (Å²) in [6, 6.07) is 1.80. The molecule has 0 aromatic carbocycles. The normalized spacial score (nSPS) is 16.6. The van der Waals surface area contributed by atoms with Gasteiger partial charge in [-0.1, -0.05) is 0 Å². The van der Waals surface area contributed by atoms with Crippen LogP contribution in [-0.2, 0) is 6.42 Å². The first kappa shape index (κ1) is 6.92. The first-order valence-corrected chi connectivity index (χ1v) is 4.02. The molecule has 2 rings (SSSR count). The van der Waals surface area contributed by atoms with Crippen molar-refractivity contribution in [1.82, 2.24) is 4.09 Å². The van der Waals surface area contributed by atoms with Gasteiger partial charge in [0, 0.05) is 35.7 Å². The second-order valence-corrected chi connectivity index (χ2v) is 3.13. The van der Waals surface area contributed by atoms with Gasteiger partial charge in [0.05, 0.1) is 0 Å². The van der Waals surface area contributed by atoms with Crippen LogP contribution in [0.4, 0.5) is 0 Å². The number of hydrogen-bond donors (Lipinski definition) is 0. The zero-order valence-electron chi connectivity index (χ0n) is 6.01. The fraction of sp³-hybridized carbons (Fsp3) is 0.375. The lowest BCUT2D eigenvalue weighted by Crippen LogP contribution is -2.10. The van der Waals surface area contributed by atoms with E-state index in [0.29, 0.717) is 6.42 Å². The van der Waals surface area contributed by atoms with Crippen molar-refractivity contribution in [3.05, 3.63) is 23.5 Å². The zero-order valence-corrected chi connectivity index (χ0v) is 6.77. The second kappa shape index (κ2) is 2.38. The monoisotopic (exact) mass is 169 g/mol. The molecule has 0 saturated heterocycles. The van der Waals surface area contributed by atoms with Crippen molar-refractivity contribution in [3.8, 4) is 0 Å². The molecule has 3 heteroatoms. The van der Waals surface area contributed by atoms with Crippen molar-refractivity contribution >= 4 is 17.6 Å². The lowest BCUT2D eigenvalue weighted by Gasteiger charge is -2.10. The van der Waals surface area contributed by atoms with Gasteiger partial charge in [-0.2, -0.15) is 0 Å². The Bertz CT molecular complexity index is 303. The van der Waals surface area contributed by atoms with Crippen LogP contribution in [0, 0.1) is 0 Å². The molecular formula is C8H8ClNO. The number of rotatable bonds is 0. The smallest absolute Gasteiger partial charge is 0.164 e. The molecule has 2 nitrogen and oxygen atoms in total.